The lowest BCUT2D eigenvalue weighted by Crippen LogP contribution is -2.38. The molecule has 0 unspecified atom stereocenters. The number of rotatable bonds is 9. The van der Waals surface area contributed by atoms with Gasteiger partial charge in [0.1, 0.15) is 11.9 Å². The van der Waals surface area contributed by atoms with Crippen molar-refractivity contribution in [1.29, 1.82) is 0 Å². The smallest absolute Gasteiger partial charge is 0.349 e. The van der Waals surface area contributed by atoms with Crippen LogP contribution in [0.4, 0.5) is 31.1 Å². The van der Waals surface area contributed by atoms with Gasteiger partial charge in [0.15, 0.2) is 0 Å². The average molecular weight is 610 g/mol. The quantitative estimate of drug-likeness (QED) is 0.307. The highest BCUT2D eigenvalue weighted by molar-refractivity contribution is 8.18. The van der Waals surface area contributed by atoms with E-state index in [0.29, 0.717) is 36.9 Å². The number of alkyl halides is 6. The third-order valence-corrected chi connectivity index (χ3v) is 7.10. The van der Waals surface area contributed by atoms with Gasteiger partial charge >= 0.3 is 12.4 Å². The molecule has 228 valence electrons. The molecule has 0 aromatic carbocycles. The van der Waals surface area contributed by atoms with Crippen LogP contribution in [0.1, 0.15) is 19.3 Å². The number of halogens is 6. The van der Waals surface area contributed by atoms with Crippen LogP contribution in [0.25, 0.3) is 0 Å². The highest BCUT2D eigenvalue weighted by atomic mass is 32.2. The van der Waals surface area contributed by atoms with Crippen LogP contribution in [-0.2, 0) is 9.59 Å². The Morgan fingerprint density at radius 1 is 1.12 bits per heavy atom. The van der Waals surface area contributed by atoms with Crippen LogP contribution < -0.4 is 5.32 Å². The molecule has 8 nitrogen and oxygen atoms in total. The van der Waals surface area contributed by atoms with Crippen molar-refractivity contribution in [1.82, 2.24) is 20.0 Å². The Hall–Kier alpha value is -3.07. The minimum absolute atomic E-state index is 0.0820. The van der Waals surface area contributed by atoms with Crippen LogP contribution in [0.15, 0.2) is 51.9 Å². The van der Waals surface area contributed by atoms with E-state index in [0.717, 1.165) is 17.8 Å². The number of likely N-dealkylation sites (N-methyl/N-ethyl adjacent to an activating group) is 1. The summed E-state index contributed by atoms with van der Waals surface area (Å²) in [5, 5.41) is 2.19. The fraction of sp³-hybridized carbons (Fsp3) is 0.538. The lowest BCUT2D eigenvalue weighted by Gasteiger charge is -2.32. The van der Waals surface area contributed by atoms with Crippen molar-refractivity contribution in [2.75, 3.05) is 47.8 Å². The summed E-state index contributed by atoms with van der Waals surface area (Å²) in [6.07, 6.45) is -5.69. The van der Waals surface area contributed by atoms with Crippen molar-refractivity contribution in [3.05, 3.63) is 46.9 Å². The van der Waals surface area contributed by atoms with Crippen molar-refractivity contribution < 1.29 is 40.7 Å². The highest BCUT2D eigenvalue weighted by Gasteiger charge is 2.35. The van der Waals surface area contributed by atoms with Gasteiger partial charge in [0, 0.05) is 40.8 Å². The normalized spacial score (nSPS) is 20.5. The van der Waals surface area contributed by atoms with Crippen LogP contribution in [0, 0.1) is 5.92 Å². The fourth-order valence-corrected chi connectivity index (χ4v) is 4.78. The second-order valence-corrected chi connectivity index (χ2v) is 11.0. The van der Waals surface area contributed by atoms with Gasteiger partial charge in [0.2, 0.25) is 11.8 Å². The van der Waals surface area contributed by atoms with Crippen LogP contribution in [0.3, 0.4) is 0 Å². The zero-order valence-electron chi connectivity index (χ0n) is 23.1. The number of amides is 3. The van der Waals surface area contributed by atoms with E-state index >= 15 is 0 Å². The number of amidine groups is 1. The van der Waals surface area contributed by atoms with E-state index < -0.39 is 35.1 Å². The van der Waals surface area contributed by atoms with Gasteiger partial charge in [-0.15, -0.1) is 0 Å². The summed E-state index contributed by atoms with van der Waals surface area (Å²) in [6, 6.07) is -1.06. The zero-order chi connectivity index (χ0) is 31.1. The molecule has 0 aromatic heterocycles. The van der Waals surface area contributed by atoms with Crippen molar-refractivity contribution in [2.24, 2.45) is 10.9 Å². The number of carbonyl (C=O) groups excluding carboxylic acids is 3. The summed E-state index contributed by atoms with van der Waals surface area (Å²) in [4.78, 5) is 46.3. The van der Waals surface area contributed by atoms with Gasteiger partial charge in [-0.3, -0.25) is 24.3 Å². The predicted molar refractivity (Wildman–Crippen MR) is 145 cm³/mol. The number of carbonyl (C=O) groups is 3. The molecule has 2 aliphatic heterocycles. The fourth-order valence-electron chi connectivity index (χ4n) is 3.97. The molecule has 0 aromatic rings. The van der Waals surface area contributed by atoms with Gasteiger partial charge in [-0.1, -0.05) is 24.8 Å². The van der Waals surface area contributed by atoms with E-state index in [4.69, 9.17) is 0 Å². The minimum atomic E-state index is -4.79. The number of allylic oxidation sites excluding steroid dienone is 4. The molecule has 2 rings (SSSR count). The molecule has 41 heavy (non-hydrogen) atoms. The maximum atomic E-state index is 13.3. The van der Waals surface area contributed by atoms with Crippen molar-refractivity contribution >= 4 is 34.7 Å². The molecule has 15 heteroatoms. The van der Waals surface area contributed by atoms with Crippen LogP contribution >= 0.6 is 11.8 Å². The topological polar surface area (TPSA) is 85.3 Å². The second kappa shape index (κ2) is 14.2. The first-order valence-corrected chi connectivity index (χ1v) is 13.3. The molecule has 0 aliphatic carbocycles. The molecule has 1 atom stereocenters. The molecule has 0 saturated carbocycles. The first kappa shape index (κ1) is 34.1. The first-order valence-electron chi connectivity index (χ1n) is 12.5. The van der Waals surface area contributed by atoms with Gasteiger partial charge in [-0.25, -0.2) is 0 Å². The summed E-state index contributed by atoms with van der Waals surface area (Å²) < 4.78 is 77.1. The standard InChI is InChI=1S/C26H33F6N5O3S/c1-16(26(30,31)32)18(7-6-10-25(27,28)29)15-37-11-8-17(9-12-37)13-20-22(34-24(40)41-20)33-19(23(39)36(4)5)14-21(38)35(2)3/h6-7,10,13,17,19H,1,8-9,11-12,14-15H2,2-5H3,(H,33,34,40)/t19-/m0/s1. The number of likely N-dealkylation sites (tertiary alicyclic amines) is 1. The molecule has 2 fully saturated rings. The SMILES string of the molecule is C=C(C(=CC=CC(F)(F)F)CN1CCC(C=C2SC(=O)NC2=N[C@@H](CC(=O)N(C)C)C(=O)N(C)C)CC1)C(F)(F)F. The summed E-state index contributed by atoms with van der Waals surface area (Å²) in [6.45, 7) is 3.48. The summed E-state index contributed by atoms with van der Waals surface area (Å²) >= 11 is 0.885. The van der Waals surface area contributed by atoms with Crippen molar-refractivity contribution in [3.8, 4) is 0 Å². The van der Waals surface area contributed by atoms with Crippen LogP contribution in [-0.4, -0.2) is 104 Å². The number of thioether (sulfide) groups is 1. The zero-order valence-corrected chi connectivity index (χ0v) is 23.9. The van der Waals surface area contributed by atoms with Crippen LogP contribution in [0.5, 0.6) is 0 Å². The number of hydrogen-bond acceptors (Lipinski definition) is 6. The van der Waals surface area contributed by atoms with Gasteiger partial charge in [-0.2, -0.15) is 26.3 Å². The Balaban J connectivity index is 2.18. The first-order chi connectivity index (χ1) is 18.9. The van der Waals surface area contributed by atoms with E-state index in [1.165, 1.54) is 23.9 Å². The molecule has 0 radical (unpaired) electrons. The average Bonchev–Trinajstić information content (AvgIpc) is 3.19. The molecule has 2 heterocycles. The number of nitrogens with zero attached hydrogens (tertiary/aromatic N) is 4. The molecule has 0 spiro atoms. The Bertz CT molecular complexity index is 1130. The Morgan fingerprint density at radius 3 is 2.24 bits per heavy atom. The van der Waals surface area contributed by atoms with Gasteiger partial charge in [0.05, 0.1) is 16.9 Å². The van der Waals surface area contributed by atoms with Crippen molar-refractivity contribution in [3.63, 3.8) is 0 Å². The molecule has 2 aliphatic rings. The summed E-state index contributed by atoms with van der Waals surface area (Å²) in [7, 11) is 6.15. The molecular weight excluding hydrogens is 576 g/mol. The summed E-state index contributed by atoms with van der Waals surface area (Å²) in [5.74, 6) is -0.653. The van der Waals surface area contributed by atoms with E-state index in [1.54, 1.807) is 25.1 Å². The summed E-state index contributed by atoms with van der Waals surface area (Å²) in [5.41, 5.74) is -1.58. The van der Waals surface area contributed by atoms with E-state index in [-0.39, 0.29) is 42.3 Å². The van der Waals surface area contributed by atoms with Gasteiger partial charge in [0.25, 0.3) is 5.24 Å². The van der Waals surface area contributed by atoms with Crippen molar-refractivity contribution in [2.45, 2.75) is 37.7 Å². The Kier molecular flexibility index (Phi) is 11.8. The number of aliphatic imine (C=N–C) groups is 1. The Morgan fingerprint density at radius 2 is 1.73 bits per heavy atom. The third-order valence-electron chi connectivity index (χ3n) is 6.26. The van der Waals surface area contributed by atoms with E-state index in [1.807, 2.05) is 0 Å². The lowest BCUT2D eigenvalue weighted by atomic mass is 9.95. The monoisotopic (exact) mass is 609 g/mol. The predicted octanol–water partition coefficient (Wildman–Crippen LogP) is 4.54. The van der Waals surface area contributed by atoms with E-state index in [2.05, 4.69) is 16.9 Å². The molecule has 2 saturated heterocycles. The lowest BCUT2D eigenvalue weighted by molar-refractivity contribution is -0.135. The maximum absolute atomic E-state index is 13.3. The van der Waals surface area contributed by atoms with Crippen LogP contribution in [0.2, 0.25) is 0 Å². The molecule has 1 N–H and O–H groups in total. The Labute approximate surface area is 238 Å². The highest BCUT2D eigenvalue weighted by Crippen LogP contribution is 2.33. The molecule has 0 bridgehead atoms. The largest absolute Gasteiger partial charge is 0.416 e. The number of nitrogens with one attached hydrogen (secondary N) is 1. The number of hydrogen-bond donors (Lipinski definition) is 1. The number of piperidine rings is 1. The van der Waals surface area contributed by atoms with E-state index in [9.17, 15) is 40.7 Å². The molecule has 3 amide bonds. The van der Waals surface area contributed by atoms with Gasteiger partial charge in [-0.05, 0) is 49.2 Å². The second-order valence-electron chi connectivity index (χ2n) is 9.95. The van der Waals surface area contributed by atoms with Gasteiger partial charge < -0.3 is 15.1 Å². The maximum Gasteiger partial charge on any atom is 0.416 e. The minimum Gasteiger partial charge on any atom is -0.349 e. The molecular formula is C26H33F6N5O3S. The third kappa shape index (κ3) is 11.0.